The molecule has 0 bridgehead atoms. The number of ketones is 1. The fourth-order valence-corrected chi connectivity index (χ4v) is 6.04. The van der Waals surface area contributed by atoms with E-state index in [0.29, 0.717) is 6.42 Å². The molecule has 2 aromatic carbocycles. The van der Waals surface area contributed by atoms with E-state index in [-0.39, 0.29) is 22.5 Å². The first-order valence-corrected chi connectivity index (χ1v) is 13.3. The summed E-state index contributed by atoms with van der Waals surface area (Å²) in [6.07, 6.45) is 1.28. The van der Waals surface area contributed by atoms with E-state index in [1.165, 1.54) is 5.56 Å². The molecule has 0 radical (unpaired) electrons. The van der Waals surface area contributed by atoms with Crippen molar-refractivity contribution in [1.29, 1.82) is 0 Å². The highest BCUT2D eigenvalue weighted by Crippen LogP contribution is 2.53. The standard InChI is InChI=1S/C32H39N3O3/c1-18-10-12-23(19(2)14-18)35-30-28(29(34-35)31(3,4)5)26(21-15-20(37-8)11-13-25(21)38-9)27-22(33-30)16-32(6,7)17-24(27)36/h10-15,26,33H,16-17H2,1-9H3. The van der Waals surface area contributed by atoms with Gasteiger partial charge in [-0.25, -0.2) is 4.68 Å². The molecule has 0 saturated carbocycles. The highest BCUT2D eigenvalue weighted by atomic mass is 16.5. The van der Waals surface area contributed by atoms with Crippen LogP contribution in [0.5, 0.6) is 11.5 Å². The molecule has 1 aliphatic heterocycles. The fraction of sp³-hybridized carbons (Fsp3) is 0.438. The van der Waals surface area contributed by atoms with Crippen LogP contribution in [0.2, 0.25) is 0 Å². The molecule has 1 aromatic heterocycles. The van der Waals surface area contributed by atoms with Gasteiger partial charge in [-0.15, -0.1) is 0 Å². The first-order chi connectivity index (χ1) is 17.8. The van der Waals surface area contributed by atoms with Crippen molar-refractivity contribution in [3.05, 3.63) is 75.6 Å². The van der Waals surface area contributed by atoms with Crippen molar-refractivity contribution in [2.24, 2.45) is 5.41 Å². The Bertz CT molecular complexity index is 1470. The molecule has 38 heavy (non-hydrogen) atoms. The van der Waals surface area contributed by atoms with Gasteiger partial charge < -0.3 is 14.8 Å². The largest absolute Gasteiger partial charge is 0.497 e. The molecule has 1 aliphatic carbocycles. The minimum absolute atomic E-state index is 0.138. The van der Waals surface area contributed by atoms with Gasteiger partial charge in [0.2, 0.25) is 0 Å². The molecule has 1 unspecified atom stereocenters. The second-order valence-electron chi connectivity index (χ2n) is 12.6. The van der Waals surface area contributed by atoms with Crippen molar-refractivity contribution in [2.75, 3.05) is 19.5 Å². The number of Topliss-reactive ketones (excluding diaryl/α,β-unsaturated/α-hetero) is 1. The Morgan fingerprint density at radius 2 is 1.76 bits per heavy atom. The highest BCUT2D eigenvalue weighted by molar-refractivity contribution is 6.02. The minimum Gasteiger partial charge on any atom is -0.497 e. The van der Waals surface area contributed by atoms with Gasteiger partial charge in [-0.2, -0.15) is 5.10 Å². The van der Waals surface area contributed by atoms with Crippen LogP contribution in [0.3, 0.4) is 0 Å². The Morgan fingerprint density at radius 3 is 2.39 bits per heavy atom. The van der Waals surface area contributed by atoms with E-state index in [0.717, 1.165) is 63.1 Å². The Morgan fingerprint density at radius 1 is 1.03 bits per heavy atom. The van der Waals surface area contributed by atoms with Gasteiger partial charge >= 0.3 is 0 Å². The molecular formula is C32H39N3O3. The van der Waals surface area contributed by atoms with E-state index < -0.39 is 0 Å². The number of fused-ring (bicyclic) bond motifs is 1. The third kappa shape index (κ3) is 4.30. The predicted molar refractivity (Wildman–Crippen MR) is 152 cm³/mol. The number of methoxy groups -OCH3 is 2. The van der Waals surface area contributed by atoms with Crippen LogP contribution in [0.4, 0.5) is 5.82 Å². The number of aromatic nitrogens is 2. The molecule has 200 valence electrons. The van der Waals surface area contributed by atoms with Crippen molar-refractivity contribution in [3.63, 3.8) is 0 Å². The number of hydrogen-bond donors (Lipinski definition) is 1. The van der Waals surface area contributed by atoms with E-state index in [4.69, 9.17) is 14.6 Å². The van der Waals surface area contributed by atoms with Crippen LogP contribution in [0.25, 0.3) is 5.69 Å². The molecule has 1 N–H and O–H groups in total. The lowest BCUT2D eigenvalue weighted by molar-refractivity contribution is -0.118. The first kappa shape index (κ1) is 26.1. The maximum absolute atomic E-state index is 13.9. The van der Waals surface area contributed by atoms with Gasteiger partial charge in [0.1, 0.15) is 17.3 Å². The molecular weight excluding hydrogens is 474 g/mol. The molecule has 5 rings (SSSR count). The van der Waals surface area contributed by atoms with Crippen molar-refractivity contribution in [1.82, 2.24) is 9.78 Å². The molecule has 2 aliphatic rings. The van der Waals surface area contributed by atoms with E-state index in [1.807, 2.05) is 22.9 Å². The lowest BCUT2D eigenvalue weighted by Crippen LogP contribution is -2.34. The Balaban J connectivity index is 1.88. The van der Waals surface area contributed by atoms with Gasteiger partial charge in [-0.05, 0) is 55.5 Å². The summed E-state index contributed by atoms with van der Waals surface area (Å²) in [5.41, 5.74) is 7.66. The predicted octanol–water partition coefficient (Wildman–Crippen LogP) is 7.00. The average molecular weight is 514 g/mol. The quantitative estimate of drug-likeness (QED) is 0.407. The lowest BCUT2D eigenvalue weighted by atomic mass is 9.68. The van der Waals surface area contributed by atoms with Gasteiger partial charge in [-0.1, -0.05) is 52.3 Å². The number of anilines is 1. The van der Waals surface area contributed by atoms with Crippen LogP contribution in [-0.2, 0) is 10.2 Å². The summed E-state index contributed by atoms with van der Waals surface area (Å²) in [6, 6.07) is 12.3. The summed E-state index contributed by atoms with van der Waals surface area (Å²) >= 11 is 0. The van der Waals surface area contributed by atoms with Crippen molar-refractivity contribution in [3.8, 4) is 17.2 Å². The second-order valence-corrected chi connectivity index (χ2v) is 12.6. The number of benzene rings is 2. The number of rotatable bonds is 4. The monoisotopic (exact) mass is 513 g/mol. The summed E-state index contributed by atoms with van der Waals surface area (Å²) in [5, 5.41) is 9.00. The zero-order valence-electron chi connectivity index (χ0n) is 24.1. The van der Waals surface area contributed by atoms with Gasteiger partial charge in [0.05, 0.1) is 25.6 Å². The Hall–Kier alpha value is -3.54. The molecule has 0 fully saturated rings. The van der Waals surface area contributed by atoms with Gasteiger partial charge in [-0.3, -0.25) is 4.79 Å². The van der Waals surface area contributed by atoms with Crippen molar-refractivity contribution < 1.29 is 14.3 Å². The maximum Gasteiger partial charge on any atom is 0.162 e. The van der Waals surface area contributed by atoms with Crippen molar-refractivity contribution in [2.45, 2.75) is 72.6 Å². The summed E-state index contributed by atoms with van der Waals surface area (Å²) in [4.78, 5) is 13.9. The summed E-state index contributed by atoms with van der Waals surface area (Å²) < 4.78 is 13.6. The summed E-state index contributed by atoms with van der Waals surface area (Å²) in [6.45, 7) is 15.1. The smallest absolute Gasteiger partial charge is 0.162 e. The number of carbonyl (C=O) groups excluding carboxylic acids is 1. The normalized spacial score (nSPS) is 18.6. The molecule has 3 aromatic rings. The third-order valence-corrected chi connectivity index (χ3v) is 7.73. The summed E-state index contributed by atoms with van der Waals surface area (Å²) in [7, 11) is 3.34. The molecule has 1 atom stereocenters. The van der Waals surface area contributed by atoms with Crippen LogP contribution in [0.15, 0.2) is 47.7 Å². The second kappa shape index (κ2) is 9.04. The molecule has 6 nitrogen and oxygen atoms in total. The molecule has 2 heterocycles. The number of nitrogens with one attached hydrogen (secondary N) is 1. The number of hydrogen-bond acceptors (Lipinski definition) is 5. The van der Waals surface area contributed by atoms with Gasteiger partial charge in [0, 0.05) is 40.2 Å². The van der Waals surface area contributed by atoms with Crippen LogP contribution < -0.4 is 14.8 Å². The topological polar surface area (TPSA) is 65.4 Å². The summed E-state index contributed by atoms with van der Waals surface area (Å²) in [5.74, 6) is 2.21. The highest BCUT2D eigenvalue weighted by Gasteiger charge is 2.45. The number of aryl methyl sites for hydroxylation is 2. The van der Waals surface area contributed by atoms with Crippen LogP contribution in [-0.4, -0.2) is 29.8 Å². The van der Waals surface area contributed by atoms with Gasteiger partial charge in [0.25, 0.3) is 0 Å². The minimum atomic E-state index is -0.330. The lowest BCUT2D eigenvalue weighted by Gasteiger charge is -2.39. The average Bonchev–Trinajstić information content (AvgIpc) is 3.21. The van der Waals surface area contributed by atoms with E-state index >= 15 is 0 Å². The maximum atomic E-state index is 13.9. The van der Waals surface area contributed by atoms with E-state index in [1.54, 1.807) is 14.2 Å². The van der Waals surface area contributed by atoms with Crippen molar-refractivity contribution >= 4 is 11.6 Å². The zero-order chi connectivity index (χ0) is 27.6. The SMILES string of the molecule is COc1ccc(OC)c(C2C3=C(CC(C)(C)CC3=O)Nc3c2c(C(C)(C)C)nn3-c2ccc(C)cc2C)c1. The molecule has 6 heteroatoms. The first-order valence-electron chi connectivity index (χ1n) is 13.3. The van der Waals surface area contributed by atoms with Crippen LogP contribution >= 0.6 is 0 Å². The zero-order valence-corrected chi connectivity index (χ0v) is 24.1. The van der Waals surface area contributed by atoms with E-state index in [9.17, 15) is 4.79 Å². The molecule has 0 spiro atoms. The number of carbonyl (C=O) groups is 1. The third-order valence-electron chi connectivity index (χ3n) is 7.73. The van der Waals surface area contributed by atoms with Crippen LogP contribution in [0.1, 0.15) is 81.3 Å². The fourth-order valence-electron chi connectivity index (χ4n) is 6.04. The number of allylic oxidation sites excluding steroid dienone is 2. The van der Waals surface area contributed by atoms with E-state index in [2.05, 4.69) is 72.0 Å². The Labute approximate surface area is 226 Å². The Kier molecular flexibility index (Phi) is 6.20. The molecule has 0 amide bonds. The van der Waals surface area contributed by atoms with Crippen LogP contribution in [0, 0.1) is 19.3 Å². The number of ether oxygens (including phenoxy) is 2. The number of nitrogens with zero attached hydrogens (tertiary/aromatic N) is 2. The molecule has 0 saturated heterocycles. The van der Waals surface area contributed by atoms with Gasteiger partial charge in [0.15, 0.2) is 5.78 Å².